The third kappa shape index (κ3) is 4.17. The van der Waals surface area contributed by atoms with E-state index in [1.807, 2.05) is 24.4 Å². The summed E-state index contributed by atoms with van der Waals surface area (Å²) < 4.78 is 5.05. The Kier molecular flexibility index (Phi) is 5.56. The van der Waals surface area contributed by atoms with Gasteiger partial charge in [0, 0.05) is 24.0 Å². The Labute approximate surface area is 129 Å². The molecule has 1 unspecified atom stereocenters. The van der Waals surface area contributed by atoms with E-state index in [9.17, 15) is 9.59 Å². The van der Waals surface area contributed by atoms with Gasteiger partial charge in [-0.15, -0.1) is 11.3 Å². The molecule has 21 heavy (non-hydrogen) atoms. The number of nitrogens with zero attached hydrogens (tertiary/aromatic N) is 1. The Morgan fingerprint density at radius 2 is 2.33 bits per heavy atom. The number of thiophene rings is 1. The van der Waals surface area contributed by atoms with Gasteiger partial charge in [-0.25, -0.2) is 0 Å². The molecule has 2 heterocycles. The summed E-state index contributed by atoms with van der Waals surface area (Å²) in [7, 11) is 0. The van der Waals surface area contributed by atoms with Crippen molar-refractivity contribution in [1.29, 1.82) is 0 Å². The predicted octanol–water partition coefficient (Wildman–Crippen LogP) is 2.87. The van der Waals surface area contributed by atoms with Crippen molar-refractivity contribution in [2.24, 2.45) is 5.92 Å². The van der Waals surface area contributed by atoms with Gasteiger partial charge in [0.05, 0.1) is 12.5 Å². The molecule has 4 nitrogen and oxygen atoms in total. The van der Waals surface area contributed by atoms with Crippen LogP contribution < -0.4 is 0 Å². The van der Waals surface area contributed by atoms with Crippen LogP contribution in [0.3, 0.4) is 0 Å². The van der Waals surface area contributed by atoms with Gasteiger partial charge >= 0.3 is 5.97 Å². The monoisotopic (exact) mass is 307 g/mol. The molecule has 5 heteroatoms. The van der Waals surface area contributed by atoms with E-state index in [4.69, 9.17) is 4.74 Å². The first-order chi connectivity index (χ1) is 10.1. The van der Waals surface area contributed by atoms with Crippen LogP contribution in [0.2, 0.25) is 0 Å². The summed E-state index contributed by atoms with van der Waals surface area (Å²) in [6.07, 6.45) is 5.11. The average Bonchev–Trinajstić information content (AvgIpc) is 2.90. The van der Waals surface area contributed by atoms with E-state index in [0.29, 0.717) is 19.7 Å². The molecule has 0 aliphatic carbocycles. The fraction of sp³-hybridized carbons (Fsp3) is 0.500. The number of carbonyl (C=O) groups excluding carboxylic acids is 2. The van der Waals surface area contributed by atoms with Crippen LogP contribution in [0.5, 0.6) is 0 Å². The van der Waals surface area contributed by atoms with Gasteiger partial charge in [-0.2, -0.15) is 0 Å². The number of hydrogen-bond acceptors (Lipinski definition) is 4. The first-order valence-corrected chi connectivity index (χ1v) is 8.17. The Bertz CT molecular complexity index is 535. The molecule has 1 saturated heterocycles. The summed E-state index contributed by atoms with van der Waals surface area (Å²) in [5.41, 5.74) is 1.17. The van der Waals surface area contributed by atoms with Crippen molar-refractivity contribution >= 4 is 29.3 Å². The van der Waals surface area contributed by atoms with Gasteiger partial charge in [-0.05, 0) is 49.8 Å². The highest BCUT2D eigenvalue weighted by atomic mass is 32.1. The first kappa shape index (κ1) is 15.8. The van der Waals surface area contributed by atoms with Crippen LogP contribution >= 0.6 is 11.3 Å². The van der Waals surface area contributed by atoms with Crippen LogP contribution in [0.25, 0.3) is 6.08 Å². The molecule has 1 fully saturated rings. The molecule has 114 valence electrons. The molecular formula is C16H21NO3S. The molecule has 0 N–H and O–H groups in total. The zero-order chi connectivity index (χ0) is 15.2. The highest BCUT2D eigenvalue weighted by Gasteiger charge is 2.28. The lowest BCUT2D eigenvalue weighted by molar-refractivity contribution is -0.150. The van der Waals surface area contributed by atoms with Crippen molar-refractivity contribution < 1.29 is 14.3 Å². The van der Waals surface area contributed by atoms with Crippen LogP contribution in [0, 0.1) is 12.8 Å². The summed E-state index contributed by atoms with van der Waals surface area (Å²) in [5.74, 6) is -0.399. The normalized spacial score (nSPS) is 19.0. The lowest BCUT2D eigenvalue weighted by Crippen LogP contribution is -2.42. The van der Waals surface area contributed by atoms with Crippen molar-refractivity contribution in [2.45, 2.75) is 26.7 Å². The Morgan fingerprint density at radius 3 is 3.00 bits per heavy atom. The summed E-state index contributed by atoms with van der Waals surface area (Å²) in [6.45, 7) is 5.39. The molecule has 0 spiro atoms. The number of hydrogen-bond donors (Lipinski definition) is 0. The van der Waals surface area contributed by atoms with Crippen molar-refractivity contribution in [3.8, 4) is 0 Å². The largest absolute Gasteiger partial charge is 0.466 e. The number of carbonyl (C=O) groups is 2. The Balaban J connectivity index is 1.94. The van der Waals surface area contributed by atoms with Crippen LogP contribution in [0.1, 0.15) is 30.2 Å². The highest BCUT2D eigenvalue weighted by molar-refractivity contribution is 7.11. The number of piperidine rings is 1. The van der Waals surface area contributed by atoms with Gasteiger partial charge in [-0.1, -0.05) is 0 Å². The minimum absolute atomic E-state index is 0.0307. The van der Waals surface area contributed by atoms with Gasteiger partial charge in [0.2, 0.25) is 5.91 Å². The van der Waals surface area contributed by atoms with E-state index in [-0.39, 0.29) is 17.8 Å². The second-order valence-corrected chi connectivity index (χ2v) is 6.12. The lowest BCUT2D eigenvalue weighted by Gasteiger charge is -2.30. The van der Waals surface area contributed by atoms with Crippen molar-refractivity contribution in [3.05, 3.63) is 28.0 Å². The molecule has 0 aromatic carbocycles. The zero-order valence-corrected chi connectivity index (χ0v) is 13.3. The van der Waals surface area contributed by atoms with Crippen molar-refractivity contribution in [3.63, 3.8) is 0 Å². The minimum Gasteiger partial charge on any atom is -0.466 e. The maximum atomic E-state index is 12.2. The van der Waals surface area contributed by atoms with Gasteiger partial charge in [0.1, 0.15) is 0 Å². The third-order valence-corrected chi connectivity index (χ3v) is 4.62. The Morgan fingerprint density at radius 1 is 1.52 bits per heavy atom. The van der Waals surface area contributed by atoms with E-state index < -0.39 is 0 Å². The zero-order valence-electron chi connectivity index (χ0n) is 12.5. The SMILES string of the molecule is CCOC(=O)C1CCCN(C(=O)C=Cc2sccc2C)C1. The van der Waals surface area contributed by atoms with Crippen LogP contribution in [0.15, 0.2) is 17.5 Å². The Hall–Kier alpha value is -1.62. The summed E-state index contributed by atoms with van der Waals surface area (Å²) in [5, 5.41) is 2.01. The molecule has 1 aliphatic heterocycles. The number of amides is 1. The van der Waals surface area contributed by atoms with Gasteiger partial charge in [-0.3, -0.25) is 9.59 Å². The number of aryl methyl sites for hydroxylation is 1. The van der Waals surface area contributed by atoms with Crippen LogP contribution in [-0.2, 0) is 14.3 Å². The highest BCUT2D eigenvalue weighted by Crippen LogP contribution is 2.20. The molecular weight excluding hydrogens is 286 g/mol. The van der Waals surface area contributed by atoms with Crippen molar-refractivity contribution in [1.82, 2.24) is 4.90 Å². The lowest BCUT2D eigenvalue weighted by atomic mass is 9.98. The maximum Gasteiger partial charge on any atom is 0.310 e. The van der Waals surface area contributed by atoms with E-state index in [1.54, 1.807) is 29.2 Å². The minimum atomic E-state index is -0.187. The molecule has 0 bridgehead atoms. The summed E-state index contributed by atoms with van der Waals surface area (Å²) in [6, 6.07) is 2.03. The van der Waals surface area contributed by atoms with Crippen molar-refractivity contribution in [2.75, 3.05) is 19.7 Å². The number of rotatable bonds is 4. The molecule has 1 atom stereocenters. The molecule has 1 aromatic heterocycles. The third-order valence-electron chi connectivity index (χ3n) is 3.63. The first-order valence-electron chi connectivity index (χ1n) is 7.29. The number of esters is 1. The van der Waals surface area contributed by atoms with Gasteiger partial charge in [0.25, 0.3) is 0 Å². The standard InChI is InChI=1S/C16H21NO3S/c1-3-20-16(19)13-5-4-9-17(11-13)15(18)7-6-14-12(2)8-10-21-14/h6-8,10,13H,3-5,9,11H2,1-2H3. The summed E-state index contributed by atoms with van der Waals surface area (Å²) in [4.78, 5) is 26.8. The van der Waals surface area contributed by atoms with E-state index in [1.165, 1.54) is 5.56 Å². The number of likely N-dealkylation sites (tertiary alicyclic amines) is 1. The second-order valence-electron chi connectivity index (χ2n) is 5.18. The van der Waals surface area contributed by atoms with E-state index >= 15 is 0 Å². The summed E-state index contributed by atoms with van der Waals surface area (Å²) >= 11 is 1.62. The van der Waals surface area contributed by atoms with Crippen LogP contribution in [-0.4, -0.2) is 36.5 Å². The average molecular weight is 307 g/mol. The molecule has 1 aromatic rings. The molecule has 1 amide bonds. The topological polar surface area (TPSA) is 46.6 Å². The number of ether oxygens (including phenoxy) is 1. The van der Waals surface area contributed by atoms with Gasteiger partial charge in [0.15, 0.2) is 0 Å². The van der Waals surface area contributed by atoms with Crippen LogP contribution in [0.4, 0.5) is 0 Å². The smallest absolute Gasteiger partial charge is 0.310 e. The molecule has 0 radical (unpaired) electrons. The molecule has 0 saturated carbocycles. The predicted molar refractivity (Wildman–Crippen MR) is 84.0 cm³/mol. The van der Waals surface area contributed by atoms with Gasteiger partial charge < -0.3 is 9.64 Å². The maximum absolute atomic E-state index is 12.2. The molecule has 1 aliphatic rings. The van der Waals surface area contributed by atoms with E-state index in [2.05, 4.69) is 0 Å². The quantitative estimate of drug-likeness (QED) is 0.635. The fourth-order valence-electron chi connectivity index (χ4n) is 2.44. The van der Waals surface area contributed by atoms with E-state index in [0.717, 1.165) is 17.7 Å². The molecule has 2 rings (SSSR count). The second kappa shape index (κ2) is 7.41. The fourth-order valence-corrected chi connectivity index (χ4v) is 3.26.